The topological polar surface area (TPSA) is 53.8 Å². The summed E-state index contributed by atoms with van der Waals surface area (Å²) >= 11 is 0. The van der Waals surface area contributed by atoms with E-state index in [2.05, 4.69) is 54.6 Å². The van der Waals surface area contributed by atoms with Crippen LogP contribution < -0.4 is 11.1 Å². The zero-order valence-corrected chi connectivity index (χ0v) is 11.2. The van der Waals surface area contributed by atoms with Gasteiger partial charge in [-0.15, -0.1) is 0 Å². The molecule has 18 heavy (non-hydrogen) atoms. The molecular formula is C15H23N3. The van der Waals surface area contributed by atoms with Crippen molar-refractivity contribution in [2.75, 3.05) is 13.1 Å². The molecule has 1 aromatic heterocycles. The Morgan fingerprint density at radius 3 is 2.78 bits per heavy atom. The Hall–Kier alpha value is -1.32. The van der Waals surface area contributed by atoms with Gasteiger partial charge >= 0.3 is 0 Å². The number of hydrogen-bond acceptors (Lipinski definition) is 2. The van der Waals surface area contributed by atoms with Crippen LogP contribution in [0.25, 0.3) is 10.9 Å². The number of para-hydroxylation sites is 1. The molecule has 2 aromatic rings. The molecule has 0 spiro atoms. The third-order valence-electron chi connectivity index (χ3n) is 3.64. The van der Waals surface area contributed by atoms with E-state index in [0.717, 1.165) is 19.6 Å². The Labute approximate surface area is 109 Å². The summed E-state index contributed by atoms with van der Waals surface area (Å²) in [6.45, 7) is 7.08. The SMILES string of the molecule is CC(C)C(CN)CNCc1c[nH]c2ccccc12. The molecule has 0 aliphatic heterocycles. The predicted octanol–water partition coefficient (Wildman–Crippen LogP) is 2.49. The molecule has 0 aliphatic rings. The van der Waals surface area contributed by atoms with Crippen LogP contribution in [-0.2, 0) is 6.54 Å². The molecule has 1 unspecified atom stereocenters. The largest absolute Gasteiger partial charge is 0.361 e. The van der Waals surface area contributed by atoms with Crippen LogP contribution in [0.3, 0.4) is 0 Å². The minimum absolute atomic E-state index is 0.551. The number of fused-ring (bicyclic) bond motifs is 1. The lowest BCUT2D eigenvalue weighted by atomic mass is 9.96. The molecule has 0 fully saturated rings. The summed E-state index contributed by atoms with van der Waals surface area (Å²) in [5.41, 5.74) is 8.30. The maximum Gasteiger partial charge on any atom is 0.0457 e. The lowest BCUT2D eigenvalue weighted by Gasteiger charge is -2.19. The van der Waals surface area contributed by atoms with Gasteiger partial charge in [0.25, 0.3) is 0 Å². The average Bonchev–Trinajstić information content (AvgIpc) is 2.78. The van der Waals surface area contributed by atoms with E-state index in [0.29, 0.717) is 11.8 Å². The average molecular weight is 245 g/mol. The third-order valence-corrected chi connectivity index (χ3v) is 3.64. The highest BCUT2D eigenvalue weighted by atomic mass is 14.9. The van der Waals surface area contributed by atoms with E-state index in [4.69, 9.17) is 5.73 Å². The van der Waals surface area contributed by atoms with E-state index < -0.39 is 0 Å². The predicted molar refractivity (Wildman–Crippen MR) is 77.4 cm³/mol. The van der Waals surface area contributed by atoms with Crippen molar-refractivity contribution in [3.05, 3.63) is 36.0 Å². The summed E-state index contributed by atoms with van der Waals surface area (Å²) in [4.78, 5) is 3.30. The summed E-state index contributed by atoms with van der Waals surface area (Å²) in [6, 6.07) is 8.40. The van der Waals surface area contributed by atoms with E-state index in [1.54, 1.807) is 0 Å². The van der Waals surface area contributed by atoms with Crippen LogP contribution >= 0.6 is 0 Å². The van der Waals surface area contributed by atoms with Gasteiger partial charge in [0.1, 0.15) is 0 Å². The van der Waals surface area contributed by atoms with Gasteiger partial charge in [-0.05, 0) is 36.6 Å². The first-order valence-electron chi connectivity index (χ1n) is 6.68. The van der Waals surface area contributed by atoms with Crippen LogP contribution in [0.1, 0.15) is 19.4 Å². The quantitative estimate of drug-likeness (QED) is 0.732. The Bertz CT molecular complexity index is 487. The molecular weight excluding hydrogens is 222 g/mol. The zero-order valence-electron chi connectivity index (χ0n) is 11.2. The van der Waals surface area contributed by atoms with Crippen LogP contribution in [0.2, 0.25) is 0 Å². The lowest BCUT2D eigenvalue weighted by molar-refractivity contribution is 0.371. The third kappa shape index (κ3) is 2.92. The molecule has 3 heteroatoms. The number of benzene rings is 1. The van der Waals surface area contributed by atoms with Gasteiger partial charge in [0.15, 0.2) is 0 Å². The number of hydrogen-bond donors (Lipinski definition) is 3. The molecule has 0 aliphatic carbocycles. The van der Waals surface area contributed by atoms with Crippen molar-refractivity contribution in [3.8, 4) is 0 Å². The van der Waals surface area contributed by atoms with Crippen molar-refractivity contribution in [2.24, 2.45) is 17.6 Å². The first kappa shape index (κ1) is 13.1. The molecule has 0 saturated carbocycles. The van der Waals surface area contributed by atoms with Gasteiger partial charge in [0.2, 0.25) is 0 Å². The molecule has 1 aromatic carbocycles. The summed E-state index contributed by atoms with van der Waals surface area (Å²) in [6.07, 6.45) is 2.09. The van der Waals surface area contributed by atoms with Gasteiger partial charge in [-0.2, -0.15) is 0 Å². The molecule has 1 atom stereocenters. The fourth-order valence-electron chi connectivity index (χ4n) is 2.26. The highest BCUT2D eigenvalue weighted by Gasteiger charge is 2.11. The van der Waals surface area contributed by atoms with E-state index in [1.165, 1.54) is 16.5 Å². The Balaban J connectivity index is 1.94. The lowest BCUT2D eigenvalue weighted by Crippen LogP contribution is -2.31. The number of aromatic amines is 1. The van der Waals surface area contributed by atoms with Crippen LogP contribution in [0.4, 0.5) is 0 Å². The second-order valence-corrected chi connectivity index (χ2v) is 5.23. The van der Waals surface area contributed by atoms with Crippen molar-refractivity contribution in [3.63, 3.8) is 0 Å². The van der Waals surface area contributed by atoms with Crippen LogP contribution in [-0.4, -0.2) is 18.1 Å². The molecule has 0 radical (unpaired) electrons. The van der Waals surface area contributed by atoms with Crippen molar-refractivity contribution in [1.29, 1.82) is 0 Å². The van der Waals surface area contributed by atoms with Crippen molar-refractivity contribution >= 4 is 10.9 Å². The van der Waals surface area contributed by atoms with Gasteiger partial charge in [0.05, 0.1) is 0 Å². The monoisotopic (exact) mass is 245 g/mol. The molecule has 0 saturated heterocycles. The highest BCUT2D eigenvalue weighted by molar-refractivity contribution is 5.82. The zero-order chi connectivity index (χ0) is 13.0. The molecule has 98 valence electrons. The van der Waals surface area contributed by atoms with Gasteiger partial charge in [0, 0.05) is 23.6 Å². The van der Waals surface area contributed by atoms with Crippen LogP contribution in [0.15, 0.2) is 30.5 Å². The van der Waals surface area contributed by atoms with Crippen LogP contribution in [0.5, 0.6) is 0 Å². The first-order valence-corrected chi connectivity index (χ1v) is 6.68. The van der Waals surface area contributed by atoms with Crippen molar-refractivity contribution in [1.82, 2.24) is 10.3 Å². The number of H-pyrrole nitrogens is 1. The van der Waals surface area contributed by atoms with Crippen molar-refractivity contribution < 1.29 is 0 Å². The molecule has 2 rings (SSSR count). The number of rotatable bonds is 6. The number of nitrogens with one attached hydrogen (secondary N) is 2. The summed E-state index contributed by atoms with van der Waals surface area (Å²) < 4.78 is 0. The highest BCUT2D eigenvalue weighted by Crippen LogP contribution is 2.17. The first-order chi connectivity index (χ1) is 8.72. The van der Waals surface area contributed by atoms with E-state index in [-0.39, 0.29) is 0 Å². The second-order valence-electron chi connectivity index (χ2n) is 5.23. The van der Waals surface area contributed by atoms with Gasteiger partial charge < -0.3 is 16.0 Å². The molecule has 3 nitrogen and oxygen atoms in total. The maximum absolute atomic E-state index is 5.78. The fourth-order valence-corrected chi connectivity index (χ4v) is 2.26. The summed E-state index contributed by atoms with van der Waals surface area (Å²) in [5, 5.41) is 4.82. The Morgan fingerprint density at radius 1 is 1.28 bits per heavy atom. The smallest absolute Gasteiger partial charge is 0.0457 e. The number of aromatic nitrogens is 1. The minimum Gasteiger partial charge on any atom is -0.361 e. The molecule has 4 N–H and O–H groups in total. The van der Waals surface area contributed by atoms with Gasteiger partial charge in [-0.1, -0.05) is 32.0 Å². The van der Waals surface area contributed by atoms with E-state index in [9.17, 15) is 0 Å². The number of nitrogens with two attached hydrogens (primary N) is 1. The fraction of sp³-hybridized carbons (Fsp3) is 0.467. The summed E-state index contributed by atoms with van der Waals surface area (Å²) in [7, 11) is 0. The molecule has 0 amide bonds. The molecule has 1 heterocycles. The molecule has 0 bridgehead atoms. The summed E-state index contributed by atoms with van der Waals surface area (Å²) in [5.74, 6) is 1.18. The normalized spacial score (nSPS) is 13.3. The minimum atomic E-state index is 0.551. The Morgan fingerprint density at radius 2 is 2.06 bits per heavy atom. The van der Waals surface area contributed by atoms with E-state index in [1.807, 2.05) is 0 Å². The van der Waals surface area contributed by atoms with Gasteiger partial charge in [-0.25, -0.2) is 0 Å². The van der Waals surface area contributed by atoms with Crippen molar-refractivity contribution in [2.45, 2.75) is 20.4 Å². The second kappa shape index (κ2) is 6.03. The van der Waals surface area contributed by atoms with E-state index >= 15 is 0 Å². The maximum atomic E-state index is 5.78. The Kier molecular flexibility index (Phi) is 4.39. The van der Waals surface area contributed by atoms with Crippen LogP contribution in [0, 0.1) is 11.8 Å². The standard InChI is InChI=1S/C15H23N3/c1-11(2)12(7-16)8-17-9-13-10-18-15-6-4-3-5-14(13)15/h3-6,10-12,17-18H,7-9,16H2,1-2H3. The van der Waals surface area contributed by atoms with Gasteiger partial charge in [-0.3, -0.25) is 0 Å².